The molecule has 0 aliphatic rings. The molecule has 1 amide bonds. The van der Waals surface area contributed by atoms with Crippen LogP contribution in [0, 0.1) is 25.2 Å². The molecule has 32 heavy (non-hydrogen) atoms. The van der Waals surface area contributed by atoms with E-state index < -0.39 is 5.91 Å². The summed E-state index contributed by atoms with van der Waals surface area (Å²) in [7, 11) is 1.55. The van der Waals surface area contributed by atoms with Gasteiger partial charge in [-0.15, -0.1) is 0 Å². The lowest BCUT2D eigenvalue weighted by molar-refractivity contribution is -0.112. The molecule has 0 saturated heterocycles. The Morgan fingerprint density at radius 2 is 1.84 bits per heavy atom. The number of hydrogen-bond acceptors (Lipinski definition) is 4. The van der Waals surface area contributed by atoms with E-state index >= 15 is 0 Å². The highest BCUT2D eigenvalue weighted by Gasteiger charge is 2.15. The zero-order valence-corrected chi connectivity index (χ0v) is 19.7. The van der Waals surface area contributed by atoms with E-state index in [1.54, 1.807) is 19.2 Å². The highest BCUT2D eigenvalue weighted by atomic mass is 79.9. The van der Waals surface area contributed by atoms with Gasteiger partial charge in [0.05, 0.1) is 7.11 Å². The number of aryl methyl sites for hydroxylation is 2. The average molecular weight is 491 g/mol. The molecule has 0 bridgehead atoms. The standard InChI is InChI=1S/C26H23BrN2O3/c1-17-9-10-18(2)23(11-17)29-26(30)21(15-28)12-20-13-24(31-3)25(14-22(20)27)32-16-19-7-5-4-6-8-19/h4-14H,16H2,1-3H3,(H,29,30)/b21-12+. The lowest BCUT2D eigenvalue weighted by Gasteiger charge is -2.13. The van der Waals surface area contributed by atoms with Gasteiger partial charge in [0.2, 0.25) is 0 Å². The molecule has 162 valence electrons. The molecule has 0 aromatic heterocycles. The van der Waals surface area contributed by atoms with E-state index in [1.165, 1.54) is 6.08 Å². The van der Waals surface area contributed by atoms with Crippen molar-refractivity contribution in [1.29, 1.82) is 5.26 Å². The van der Waals surface area contributed by atoms with Gasteiger partial charge in [0.25, 0.3) is 5.91 Å². The van der Waals surface area contributed by atoms with Gasteiger partial charge < -0.3 is 14.8 Å². The molecule has 0 heterocycles. The van der Waals surface area contributed by atoms with Gasteiger partial charge in [0.15, 0.2) is 11.5 Å². The van der Waals surface area contributed by atoms with Crippen LogP contribution in [0.4, 0.5) is 5.69 Å². The van der Waals surface area contributed by atoms with Crippen LogP contribution in [-0.4, -0.2) is 13.0 Å². The molecule has 0 saturated carbocycles. The highest BCUT2D eigenvalue weighted by molar-refractivity contribution is 9.10. The maximum absolute atomic E-state index is 12.7. The van der Waals surface area contributed by atoms with Crippen molar-refractivity contribution in [2.24, 2.45) is 0 Å². The van der Waals surface area contributed by atoms with Crippen LogP contribution in [0.5, 0.6) is 11.5 Å². The number of nitrogens with zero attached hydrogens (tertiary/aromatic N) is 1. The quantitative estimate of drug-likeness (QED) is 0.316. The number of ether oxygens (including phenoxy) is 2. The SMILES string of the molecule is COc1cc(/C=C(\C#N)C(=O)Nc2cc(C)ccc2C)c(Br)cc1OCc1ccccc1. The molecule has 1 N–H and O–H groups in total. The zero-order chi connectivity index (χ0) is 23.1. The Morgan fingerprint density at radius 3 is 2.53 bits per heavy atom. The molecule has 0 aliphatic heterocycles. The first-order valence-corrected chi connectivity index (χ1v) is 10.7. The van der Waals surface area contributed by atoms with Crippen LogP contribution in [0.3, 0.4) is 0 Å². The molecule has 5 nitrogen and oxygen atoms in total. The number of amides is 1. The topological polar surface area (TPSA) is 71.3 Å². The van der Waals surface area contributed by atoms with Crippen molar-refractivity contribution in [3.05, 3.63) is 93.0 Å². The molecular weight excluding hydrogens is 468 g/mol. The molecule has 0 fully saturated rings. The van der Waals surface area contributed by atoms with E-state index in [1.807, 2.05) is 68.4 Å². The van der Waals surface area contributed by atoms with Crippen LogP contribution in [0.2, 0.25) is 0 Å². The first kappa shape index (κ1) is 23.1. The molecular formula is C26H23BrN2O3. The minimum atomic E-state index is -0.475. The van der Waals surface area contributed by atoms with Crippen LogP contribution in [0.25, 0.3) is 6.08 Å². The van der Waals surface area contributed by atoms with Gasteiger partial charge in [-0.05, 0) is 60.4 Å². The van der Waals surface area contributed by atoms with Crippen molar-refractivity contribution in [2.45, 2.75) is 20.5 Å². The Labute approximate surface area is 196 Å². The summed E-state index contributed by atoms with van der Waals surface area (Å²) in [6.07, 6.45) is 1.52. The van der Waals surface area contributed by atoms with Crippen molar-refractivity contribution in [3.63, 3.8) is 0 Å². The number of carbonyl (C=O) groups is 1. The third kappa shape index (κ3) is 5.77. The number of nitrogens with one attached hydrogen (secondary N) is 1. The molecule has 0 aliphatic carbocycles. The number of anilines is 1. The summed E-state index contributed by atoms with van der Waals surface area (Å²) in [4.78, 5) is 12.7. The fourth-order valence-corrected chi connectivity index (χ4v) is 3.47. The smallest absolute Gasteiger partial charge is 0.266 e. The molecule has 0 atom stereocenters. The van der Waals surface area contributed by atoms with Crippen LogP contribution < -0.4 is 14.8 Å². The number of hydrogen-bond donors (Lipinski definition) is 1. The van der Waals surface area contributed by atoms with Crippen molar-refractivity contribution in [1.82, 2.24) is 0 Å². The Morgan fingerprint density at radius 1 is 1.09 bits per heavy atom. The zero-order valence-electron chi connectivity index (χ0n) is 18.1. The number of carbonyl (C=O) groups excluding carboxylic acids is 1. The second-order valence-corrected chi connectivity index (χ2v) is 8.10. The van der Waals surface area contributed by atoms with Crippen LogP contribution in [-0.2, 0) is 11.4 Å². The van der Waals surface area contributed by atoms with Crippen molar-refractivity contribution in [3.8, 4) is 17.6 Å². The van der Waals surface area contributed by atoms with E-state index in [0.717, 1.165) is 16.7 Å². The molecule has 0 spiro atoms. The van der Waals surface area contributed by atoms with Gasteiger partial charge in [0.1, 0.15) is 18.2 Å². The van der Waals surface area contributed by atoms with E-state index in [0.29, 0.717) is 33.8 Å². The average Bonchev–Trinajstić information content (AvgIpc) is 2.80. The van der Waals surface area contributed by atoms with Crippen molar-refractivity contribution in [2.75, 3.05) is 12.4 Å². The van der Waals surface area contributed by atoms with Crippen LogP contribution >= 0.6 is 15.9 Å². The Balaban J connectivity index is 1.84. The third-order valence-electron chi connectivity index (χ3n) is 4.83. The summed E-state index contributed by atoms with van der Waals surface area (Å²) in [5.41, 5.74) is 4.26. The van der Waals surface area contributed by atoms with Crippen LogP contribution in [0.15, 0.2) is 70.7 Å². The summed E-state index contributed by atoms with van der Waals surface area (Å²) in [5, 5.41) is 12.4. The number of nitriles is 1. The molecule has 0 radical (unpaired) electrons. The number of rotatable bonds is 7. The summed E-state index contributed by atoms with van der Waals surface area (Å²) in [6.45, 7) is 4.24. The predicted molar refractivity (Wildman–Crippen MR) is 130 cm³/mol. The lowest BCUT2D eigenvalue weighted by Crippen LogP contribution is -2.14. The normalized spacial score (nSPS) is 10.9. The van der Waals surface area contributed by atoms with Gasteiger partial charge >= 0.3 is 0 Å². The van der Waals surface area contributed by atoms with Gasteiger partial charge in [0, 0.05) is 10.2 Å². The van der Waals surface area contributed by atoms with Gasteiger partial charge in [-0.1, -0.05) is 58.4 Å². The van der Waals surface area contributed by atoms with Gasteiger partial charge in [-0.2, -0.15) is 5.26 Å². The third-order valence-corrected chi connectivity index (χ3v) is 5.51. The molecule has 3 rings (SSSR count). The Bertz CT molecular complexity index is 1200. The predicted octanol–water partition coefficient (Wildman–Crippen LogP) is 6.20. The minimum Gasteiger partial charge on any atom is -0.493 e. The summed E-state index contributed by atoms with van der Waals surface area (Å²) in [6, 6.07) is 21.1. The van der Waals surface area contributed by atoms with Crippen molar-refractivity contribution < 1.29 is 14.3 Å². The number of methoxy groups -OCH3 is 1. The summed E-state index contributed by atoms with van der Waals surface area (Å²) < 4.78 is 12.1. The van der Waals surface area contributed by atoms with E-state index in [9.17, 15) is 10.1 Å². The van der Waals surface area contributed by atoms with Crippen molar-refractivity contribution >= 4 is 33.6 Å². The first-order valence-electron chi connectivity index (χ1n) is 9.96. The molecule has 3 aromatic rings. The Kier molecular flexibility index (Phi) is 7.69. The maximum atomic E-state index is 12.7. The minimum absolute atomic E-state index is 0.0217. The van der Waals surface area contributed by atoms with Gasteiger partial charge in [-0.25, -0.2) is 0 Å². The van der Waals surface area contributed by atoms with Crippen LogP contribution in [0.1, 0.15) is 22.3 Å². The maximum Gasteiger partial charge on any atom is 0.266 e. The summed E-state index contributed by atoms with van der Waals surface area (Å²) in [5.74, 6) is 0.581. The fourth-order valence-electron chi connectivity index (χ4n) is 3.03. The van der Waals surface area contributed by atoms with E-state index in [2.05, 4.69) is 21.2 Å². The molecule has 6 heteroatoms. The van der Waals surface area contributed by atoms with E-state index in [-0.39, 0.29) is 5.57 Å². The second-order valence-electron chi connectivity index (χ2n) is 7.24. The summed E-state index contributed by atoms with van der Waals surface area (Å²) >= 11 is 3.51. The fraction of sp³-hybridized carbons (Fsp3) is 0.154. The molecule has 3 aromatic carbocycles. The van der Waals surface area contributed by atoms with E-state index in [4.69, 9.17) is 9.47 Å². The number of benzene rings is 3. The second kappa shape index (κ2) is 10.7. The first-order chi connectivity index (χ1) is 15.4. The number of halogens is 1. The molecule has 0 unspecified atom stereocenters. The highest BCUT2D eigenvalue weighted by Crippen LogP contribution is 2.35. The monoisotopic (exact) mass is 490 g/mol. The largest absolute Gasteiger partial charge is 0.493 e. The lowest BCUT2D eigenvalue weighted by atomic mass is 10.1. The Hall–Kier alpha value is -3.56. The van der Waals surface area contributed by atoms with Gasteiger partial charge in [-0.3, -0.25) is 4.79 Å².